The molecule has 25 heavy (non-hydrogen) atoms. The highest BCUT2D eigenvalue weighted by Crippen LogP contribution is 2.38. The molecule has 2 aliphatic heterocycles. The third-order valence-electron chi connectivity index (χ3n) is 4.54. The summed E-state index contributed by atoms with van der Waals surface area (Å²) >= 11 is 7.61. The molecule has 1 saturated heterocycles. The van der Waals surface area contributed by atoms with E-state index < -0.39 is 0 Å². The average molecular weight is 377 g/mol. The maximum Gasteiger partial charge on any atom is 0.199 e. The van der Waals surface area contributed by atoms with Gasteiger partial charge in [-0.05, 0) is 67.4 Å². The summed E-state index contributed by atoms with van der Waals surface area (Å²) in [5.41, 5.74) is 2.21. The summed E-state index contributed by atoms with van der Waals surface area (Å²) in [4.78, 5) is 6.00. The van der Waals surface area contributed by atoms with Crippen LogP contribution in [0.15, 0.2) is 44.7 Å². The number of oxazole rings is 1. The minimum Gasteiger partial charge on any atom is -0.433 e. The van der Waals surface area contributed by atoms with Crippen LogP contribution in [0.1, 0.15) is 36.8 Å². The van der Waals surface area contributed by atoms with Crippen LogP contribution in [0.3, 0.4) is 0 Å². The lowest BCUT2D eigenvalue weighted by Gasteiger charge is -2.18. The number of aromatic nitrogens is 1. The molecule has 4 nitrogen and oxygen atoms in total. The van der Waals surface area contributed by atoms with Crippen LogP contribution in [0.5, 0.6) is 0 Å². The molecule has 0 spiro atoms. The first-order chi connectivity index (χ1) is 12.3. The average Bonchev–Trinajstić information content (AvgIpc) is 3.09. The minimum absolute atomic E-state index is 0.351. The Morgan fingerprint density at radius 2 is 1.96 bits per heavy atom. The first-order valence-corrected chi connectivity index (χ1v) is 9.91. The maximum absolute atomic E-state index is 6.24. The quantitative estimate of drug-likeness (QED) is 0.834. The van der Waals surface area contributed by atoms with Crippen molar-refractivity contribution in [3.63, 3.8) is 0 Å². The molecule has 1 N–H and O–H groups in total. The Hall–Kier alpha value is -1.27. The third kappa shape index (κ3) is 4.11. The summed E-state index contributed by atoms with van der Waals surface area (Å²) in [5.74, 6) is 1.20. The van der Waals surface area contributed by atoms with Crippen molar-refractivity contribution >= 4 is 28.9 Å². The second-order valence-corrected chi connectivity index (χ2v) is 7.81. The second-order valence-electron chi connectivity index (χ2n) is 6.33. The van der Waals surface area contributed by atoms with Crippen LogP contribution < -0.4 is 5.32 Å². The van der Waals surface area contributed by atoms with Crippen molar-refractivity contribution in [2.75, 3.05) is 26.3 Å². The molecule has 1 aromatic heterocycles. The monoisotopic (exact) mass is 376 g/mol. The van der Waals surface area contributed by atoms with Gasteiger partial charge in [0.1, 0.15) is 5.69 Å². The van der Waals surface area contributed by atoms with E-state index in [-0.39, 0.29) is 0 Å². The minimum atomic E-state index is 0.351. The molecule has 2 aromatic rings. The van der Waals surface area contributed by atoms with E-state index in [4.69, 9.17) is 25.7 Å². The fourth-order valence-electron chi connectivity index (χ4n) is 3.15. The van der Waals surface area contributed by atoms with Gasteiger partial charge in [0.15, 0.2) is 11.0 Å². The molecule has 0 unspecified atom stereocenters. The number of halogens is 1. The van der Waals surface area contributed by atoms with E-state index in [1.54, 1.807) is 11.8 Å². The normalized spacial score (nSPS) is 19.0. The lowest BCUT2D eigenvalue weighted by atomic mass is 10.0. The summed E-state index contributed by atoms with van der Waals surface area (Å²) in [5, 5.41) is 5.04. The van der Waals surface area contributed by atoms with E-state index in [0.717, 1.165) is 72.2 Å². The van der Waals surface area contributed by atoms with Gasteiger partial charge in [0.05, 0.1) is 0 Å². The zero-order chi connectivity index (χ0) is 17.1. The maximum atomic E-state index is 6.24. The number of hydrogen-bond acceptors (Lipinski definition) is 5. The number of ether oxygens (including phenoxy) is 1. The molecular formula is C19H21ClN2O2S. The van der Waals surface area contributed by atoms with E-state index in [2.05, 4.69) is 11.4 Å². The molecule has 0 amide bonds. The first-order valence-electron chi connectivity index (χ1n) is 8.71. The molecule has 4 rings (SSSR count). The summed E-state index contributed by atoms with van der Waals surface area (Å²) < 4.78 is 11.7. The summed E-state index contributed by atoms with van der Waals surface area (Å²) in [6.45, 7) is 3.43. The fraction of sp³-hybridized carbons (Fsp3) is 0.421. The van der Waals surface area contributed by atoms with Crippen LogP contribution in [0, 0.1) is 0 Å². The molecule has 3 heterocycles. The van der Waals surface area contributed by atoms with Crippen molar-refractivity contribution < 1.29 is 9.15 Å². The van der Waals surface area contributed by atoms with Gasteiger partial charge >= 0.3 is 0 Å². The highest BCUT2D eigenvalue weighted by atomic mass is 35.5. The van der Waals surface area contributed by atoms with Crippen LogP contribution in [-0.4, -0.2) is 31.3 Å². The smallest absolute Gasteiger partial charge is 0.199 e. The van der Waals surface area contributed by atoms with Gasteiger partial charge in [-0.15, -0.1) is 0 Å². The predicted molar refractivity (Wildman–Crippen MR) is 100 cm³/mol. The molecule has 2 aliphatic rings. The van der Waals surface area contributed by atoms with Gasteiger partial charge in [0, 0.05) is 35.6 Å². The number of nitrogens with one attached hydrogen (secondary N) is 1. The van der Waals surface area contributed by atoms with E-state index in [1.807, 2.05) is 24.3 Å². The lowest BCUT2D eigenvalue weighted by molar-refractivity contribution is 0.0786. The largest absolute Gasteiger partial charge is 0.433 e. The molecule has 0 atom stereocenters. The molecule has 6 heteroatoms. The van der Waals surface area contributed by atoms with E-state index in [0.29, 0.717) is 5.92 Å². The van der Waals surface area contributed by atoms with Crippen LogP contribution in [0.25, 0.3) is 5.57 Å². The predicted octanol–water partition coefficient (Wildman–Crippen LogP) is 4.75. The Kier molecular flexibility index (Phi) is 5.46. The summed E-state index contributed by atoms with van der Waals surface area (Å²) in [6.07, 6.45) is 5.25. The van der Waals surface area contributed by atoms with E-state index in [1.165, 1.54) is 5.57 Å². The van der Waals surface area contributed by atoms with Gasteiger partial charge in [0.2, 0.25) is 0 Å². The number of benzene rings is 1. The SMILES string of the molecule is Clc1ccc(Sc2oc(C3CCOCC3)nc2C2=CCCNC2)cc1. The molecule has 0 radical (unpaired) electrons. The summed E-state index contributed by atoms with van der Waals surface area (Å²) in [6, 6.07) is 7.84. The fourth-order valence-corrected chi connectivity index (χ4v) is 4.16. The van der Waals surface area contributed by atoms with Gasteiger partial charge in [-0.2, -0.15) is 0 Å². The van der Waals surface area contributed by atoms with Crippen molar-refractivity contribution in [3.8, 4) is 0 Å². The molecule has 132 valence electrons. The van der Waals surface area contributed by atoms with Gasteiger partial charge < -0.3 is 14.5 Å². The standard InChI is InChI=1S/C19H21ClN2O2S/c20-15-3-5-16(6-4-15)25-19-17(14-2-1-9-21-12-14)22-18(24-19)13-7-10-23-11-8-13/h2-6,13,21H,1,7-12H2. The molecule has 0 aliphatic carbocycles. The highest BCUT2D eigenvalue weighted by molar-refractivity contribution is 7.99. The van der Waals surface area contributed by atoms with Gasteiger partial charge in [0.25, 0.3) is 0 Å². The Morgan fingerprint density at radius 3 is 2.68 bits per heavy atom. The van der Waals surface area contributed by atoms with Gasteiger partial charge in [-0.25, -0.2) is 4.98 Å². The Bertz CT molecular complexity index is 751. The van der Waals surface area contributed by atoms with Crippen molar-refractivity contribution in [2.45, 2.75) is 35.2 Å². The Balaban J connectivity index is 1.65. The van der Waals surface area contributed by atoms with E-state index in [9.17, 15) is 0 Å². The number of hydrogen-bond donors (Lipinski definition) is 1. The van der Waals surface area contributed by atoms with Crippen LogP contribution in [0.2, 0.25) is 5.02 Å². The van der Waals surface area contributed by atoms with Crippen LogP contribution >= 0.6 is 23.4 Å². The van der Waals surface area contributed by atoms with Crippen molar-refractivity contribution in [2.24, 2.45) is 0 Å². The second kappa shape index (κ2) is 7.96. The van der Waals surface area contributed by atoms with Gasteiger partial charge in [-0.1, -0.05) is 17.7 Å². The zero-order valence-electron chi connectivity index (χ0n) is 14.0. The Morgan fingerprint density at radius 1 is 1.16 bits per heavy atom. The molecule has 1 fully saturated rings. The molecule has 0 bridgehead atoms. The molecule has 0 saturated carbocycles. The third-order valence-corrected chi connectivity index (χ3v) is 5.76. The molecule has 1 aromatic carbocycles. The summed E-state index contributed by atoms with van der Waals surface area (Å²) in [7, 11) is 0. The van der Waals surface area contributed by atoms with Crippen LogP contribution in [0.4, 0.5) is 0 Å². The topological polar surface area (TPSA) is 47.3 Å². The first kappa shape index (κ1) is 17.2. The zero-order valence-corrected chi connectivity index (χ0v) is 15.5. The number of nitrogens with zero attached hydrogens (tertiary/aromatic N) is 1. The highest BCUT2D eigenvalue weighted by Gasteiger charge is 2.25. The lowest BCUT2D eigenvalue weighted by Crippen LogP contribution is -2.21. The van der Waals surface area contributed by atoms with Gasteiger partial charge in [-0.3, -0.25) is 0 Å². The molecular weight excluding hydrogens is 356 g/mol. The Labute approximate surface area is 157 Å². The van der Waals surface area contributed by atoms with Crippen LogP contribution in [-0.2, 0) is 4.74 Å². The van der Waals surface area contributed by atoms with Crippen molar-refractivity contribution in [1.82, 2.24) is 10.3 Å². The van der Waals surface area contributed by atoms with Crippen molar-refractivity contribution in [1.29, 1.82) is 0 Å². The number of rotatable bonds is 4. The van der Waals surface area contributed by atoms with Crippen molar-refractivity contribution in [3.05, 3.63) is 46.9 Å². The van der Waals surface area contributed by atoms with E-state index >= 15 is 0 Å².